The van der Waals surface area contributed by atoms with E-state index in [0.29, 0.717) is 36.6 Å². The lowest BCUT2D eigenvalue weighted by Gasteiger charge is -2.08. The third kappa shape index (κ3) is 6.13. The van der Waals surface area contributed by atoms with Crippen LogP contribution in [0.3, 0.4) is 0 Å². The maximum absolute atomic E-state index is 12.3. The minimum Gasteiger partial charge on any atom is -0.467 e. The van der Waals surface area contributed by atoms with Crippen molar-refractivity contribution in [3.8, 4) is 23.7 Å². The van der Waals surface area contributed by atoms with E-state index >= 15 is 0 Å². The number of nitrogens with zero attached hydrogens (tertiary/aromatic N) is 4. The first-order chi connectivity index (χ1) is 16.1. The number of benzene rings is 1. The first-order valence-corrected chi connectivity index (χ1v) is 10.3. The Morgan fingerprint density at radius 3 is 2.33 bits per heavy atom. The molecule has 4 rings (SSSR count). The van der Waals surface area contributed by atoms with Crippen LogP contribution in [-0.4, -0.2) is 38.6 Å². The van der Waals surface area contributed by atoms with Gasteiger partial charge in [0.15, 0.2) is 0 Å². The van der Waals surface area contributed by atoms with E-state index in [1.807, 2.05) is 43.3 Å². The Kier molecular flexibility index (Phi) is 6.89. The molecule has 1 N–H and O–H groups in total. The molecular weight excluding hydrogens is 422 g/mol. The van der Waals surface area contributed by atoms with Crippen molar-refractivity contribution < 1.29 is 14.2 Å². The summed E-state index contributed by atoms with van der Waals surface area (Å²) in [6.45, 7) is 2.35. The predicted molar refractivity (Wildman–Crippen MR) is 121 cm³/mol. The molecule has 0 unspecified atom stereocenters. The Morgan fingerprint density at radius 2 is 1.67 bits per heavy atom. The van der Waals surface area contributed by atoms with Gasteiger partial charge in [0.05, 0.1) is 13.7 Å². The van der Waals surface area contributed by atoms with Crippen LogP contribution in [0, 0.1) is 6.92 Å². The Balaban J connectivity index is 1.28. The number of aromatic amines is 1. The van der Waals surface area contributed by atoms with Crippen LogP contribution in [0.2, 0.25) is 0 Å². The molecule has 0 aliphatic heterocycles. The highest BCUT2D eigenvalue weighted by molar-refractivity contribution is 5.31. The fourth-order valence-electron chi connectivity index (χ4n) is 2.99. The molecule has 0 saturated carbocycles. The van der Waals surface area contributed by atoms with Gasteiger partial charge in [0.2, 0.25) is 5.88 Å². The van der Waals surface area contributed by atoms with Crippen molar-refractivity contribution in [3.05, 3.63) is 93.8 Å². The molecule has 1 aromatic carbocycles. The molecule has 0 saturated heterocycles. The van der Waals surface area contributed by atoms with Gasteiger partial charge >= 0.3 is 6.01 Å². The van der Waals surface area contributed by atoms with E-state index in [9.17, 15) is 4.79 Å². The fourth-order valence-corrected chi connectivity index (χ4v) is 2.99. The summed E-state index contributed by atoms with van der Waals surface area (Å²) in [5.41, 5.74) is 3.16. The van der Waals surface area contributed by atoms with Crippen molar-refractivity contribution in [2.45, 2.75) is 19.8 Å². The van der Waals surface area contributed by atoms with E-state index in [4.69, 9.17) is 14.2 Å². The van der Waals surface area contributed by atoms with Crippen molar-refractivity contribution in [2.75, 3.05) is 13.7 Å². The number of aryl methyl sites for hydroxylation is 1. The molecule has 0 bridgehead atoms. The topological polar surface area (TPSA) is 112 Å². The van der Waals surface area contributed by atoms with Gasteiger partial charge in [-0.25, -0.2) is 19.9 Å². The van der Waals surface area contributed by atoms with E-state index < -0.39 is 0 Å². The summed E-state index contributed by atoms with van der Waals surface area (Å²) in [4.78, 5) is 31.5. The standard InChI is InChI=1S/C24H23N5O4/c1-16-3-8-21(25-12-16)33-20-6-4-17(5-7-20)9-10-32-24-28-15-19(22(30)29-24)11-18-13-26-23(31-2)27-14-18/h3-8,12-15H,9-11H2,1-2H3,(H,28,29,30). The number of aromatic nitrogens is 5. The highest BCUT2D eigenvalue weighted by Gasteiger charge is 2.07. The summed E-state index contributed by atoms with van der Waals surface area (Å²) in [6, 6.07) is 11.9. The van der Waals surface area contributed by atoms with Crippen molar-refractivity contribution >= 4 is 0 Å². The minimum atomic E-state index is -0.262. The van der Waals surface area contributed by atoms with Crippen LogP contribution in [0.25, 0.3) is 0 Å². The lowest BCUT2D eigenvalue weighted by atomic mass is 10.1. The molecule has 4 aromatic rings. The van der Waals surface area contributed by atoms with Gasteiger partial charge in [-0.2, -0.15) is 0 Å². The molecule has 3 heterocycles. The maximum atomic E-state index is 12.3. The van der Waals surface area contributed by atoms with Crippen LogP contribution in [0.5, 0.6) is 23.7 Å². The van der Waals surface area contributed by atoms with Gasteiger partial charge in [-0.15, -0.1) is 0 Å². The number of ether oxygens (including phenoxy) is 3. The number of H-pyrrole nitrogens is 1. The lowest BCUT2D eigenvalue weighted by Crippen LogP contribution is -2.16. The molecule has 0 radical (unpaired) electrons. The second kappa shape index (κ2) is 10.4. The third-order valence-corrected chi connectivity index (χ3v) is 4.77. The first kappa shape index (κ1) is 21.9. The zero-order chi connectivity index (χ0) is 23.0. The monoisotopic (exact) mass is 445 g/mol. The molecule has 0 amide bonds. The number of nitrogens with one attached hydrogen (secondary N) is 1. The average molecular weight is 445 g/mol. The average Bonchev–Trinajstić information content (AvgIpc) is 2.84. The third-order valence-electron chi connectivity index (χ3n) is 4.77. The van der Waals surface area contributed by atoms with Crippen LogP contribution < -0.4 is 19.8 Å². The zero-order valence-corrected chi connectivity index (χ0v) is 18.3. The smallest absolute Gasteiger partial charge is 0.316 e. The molecule has 168 valence electrons. The molecular formula is C24H23N5O4. The summed E-state index contributed by atoms with van der Waals surface area (Å²) in [5.74, 6) is 1.26. The molecule has 9 nitrogen and oxygen atoms in total. The van der Waals surface area contributed by atoms with Crippen molar-refractivity contribution in [3.63, 3.8) is 0 Å². The minimum absolute atomic E-state index is 0.181. The van der Waals surface area contributed by atoms with E-state index in [-0.39, 0.29) is 17.6 Å². The summed E-state index contributed by atoms with van der Waals surface area (Å²) in [5, 5.41) is 0. The number of pyridine rings is 1. The Morgan fingerprint density at radius 1 is 0.879 bits per heavy atom. The first-order valence-electron chi connectivity index (χ1n) is 10.3. The van der Waals surface area contributed by atoms with Crippen LogP contribution in [0.15, 0.2) is 66.0 Å². The van der Waals surface area contributed by atoms with Crippen LogP contribution in [-0.2, 0) is 12.8 Å². The maximum Gasteiger partial charge on any atom is 0.316 e. The molecule has 0 atom stereocenters. The van der Waals surface area contributed by atoms with Crippen LogP contribution in [0.1, 0.15) is 22.3 Å². The molecule has 0 spiro atoms. The summed E-state index contributed by atoms with van der Waals surface area (Å²) in [6.07, 6.45) is 7.51. The molecule has 33 heavy (non-hydrogen) atoms. The van der Waals surface area contributed by atoms with Gasteiger partial charge in [0.25, 0.3) is 11.6 Å². The largest absolute Gasteiger partial charge is 0.467 e. The number of methoxy groups -OCH3 is 1. The SMILES string of the molecule is COc1ncc(Cc2cnc(OCCc3ccc(Oc4ccc(C)cn4)cc3)[nH]c2=O)cn1. The van der Waals surface area contributed by atoms with Crippen LogP contribution in [0.4, 0.5) is 0 Å². The summed E-state index contributed by atoms with van der Waals surface area (Å²) in [7, 11) is 1.50. The normalized spacial score (nSPS) is 10.6. The highest BCUT2D eigenvalue weighted by Crippen LogP contribution is 2.20. The molecule has 0 fully saturated rings. The highest BCUT2D eigenvalue weighted by atomic mass is 16.5. The molecule has 3 aromatic heterocycles. The predicted octanol–water partition coefficient (Wildman–Crippen LogP) is 3.28. The zero-order valence-electron chi connectivity index (χ0n) is 18.3. The lowest BCUT2D eigenvalue weighted by molar-refractivity contribution is 0.295. The van der Waals surface area contributed by atoms with Crippen LogP contribution >= 0.6 is 0 Å². The van der Waals surface area contributed by atoms with Crippen molar-refractivity contribution in [1.29, 1.82) is 0 Å². The molecule has 9 heteroatoms. The fraction of sp³-hybridized carbons (Fsp3) is 0.208. The number of hydrogen-bond donors (Lipinski definition) is 1. The Labute approximate surface area is 190 Å². The van der Waals surface area contributed by atoms with E-state index in [2.05, 4.69) is 24.9 Å². The molecule has 0 aliphatic rings. The second-order valence-corrected chi connectivity index (χ2v) is 7.32. The number of hydrogen-bond acceptors (Lipinski definition) is 8. The van der Waals surface area contributed by atoms with Crippen molar-refractivity contribution in [2.24, 2.45) is 0 Å². The van der Waals surface area contributed by atoms with Gasteiger partial charge < -0.3 is 14.2 Å². The summed E-state index contributed by atoms with van der Waals surface area (Å²) < 4.78 is 16.3. The van der Waals surface area contributed by atoms with Gasteiger partial charge in [0, 0.05) is 49.3 Å². The van der Waals surface area contributed by atoms with Gasteiger partial charge in [-0.3, -0.25) is 9.78 Å². The van der Waals surface area contributed by atoms with Crippen molar-refractivity contribution in [1.82, 2.24) is 24.9 Å². The summed E-state index contributed by atoms with van der Waals surface area (Å²) >= 11 is 0. The molecule has 0 aliphatic carbocycles. The number of rotatable bonds is 9. The Bertz CT molecular complexity index is 1240. The van der Waals surface area contributed by atoms with E-state index in [0.717, 1.165) is 16.7 Å². The van der Waals surface area contributed by atoms with Gasteiger partial charge in [-0.05, 0) is 35.7 Å². The van der Waals surface area contributed by atoms with Gasteiger partial charge in [-0.1, -0.05) is 18.2 Å². The Hall–Kier alpha value is -4.27. The van der Waals surface area contributed by atoms with E-state index in [1.165, 1.54) is 13.3 Å². The quantitative estimate of drug-likeness (QED) is 0.418. The van der Waals surface area contributed by atoms with E-state index in [1.54, 1.807) is 18.6 Å². The second-order valence-electron chi connectivity index (χ2n) is 7.32. The van der Waals surface area contributed by atoms with Gasteiger partial charge in [0.1, 0.15) is 5.75 Å².